The number of hydrogen-bond donors (Lipinski definition) is 3. The van der Waals surface area contributed by atoms with Crippen molar-refractivity contribution in [2.45, 2.75) is 66.6 Å². The zero-order valence-corrected chi connectivity index (χ0v) is 28.5. The lowest BCUT2D eigenvalue weighted by molar-refractivity contribution is 0.0223. The summed E-state index contributed by atoms with van der Waals surface area (Å²) in [7, 11) is 0. The van der Waals surface area contributed by atoms with E-state index >= 15 is 0 Å². The van der Waals surface area contributed by atoms with Crippen LogP contribution in [-0.4, -0.2) is 95.8 Å². The Balaban J connectivity index is 0.000000249. The van der Waals surface area contributed by atoms with E-state index in [-0.39, 0.29) is 17.8 Å². The molecule has 0 spiro atoms. The lowest BCUT2D eigenvalue weighted by Gasteiger charge is -2.36. The van der Waals surface area contributed by atoms with Gasteiger partial charge in [0, 0.05) is 62.5 Å². The molecule has 0 bridgehead atoms. The van der Waals surface area contributed by atoms with E-state index in [1.54, 1.807) is 21.9 Å². The van der Waals surface area contributed by atoms with Crippen LogP contribution in [0.25, 0.3) is 0 Å². The van der Waals surface area contributed by atoms with Crippen molar-refractivity contribution in [2.75, 3.05) is 57.3 Å². The summed E-state index contributed by atoms with van der Waals surface area (Å²) in [5.41, 5.74) is 1.99. The molecule has 2 saturated heterocycles. The molecule has 0 radical (unpaired) electrons. The van der Waals surface area contributed by atoms with E-state index in [0.717, 1.165) is 60.6 Å². The molecule has 2 fully saturated rings. The van der Waals surface area contributed by atoms with Crippen molar-refractivity contribution in [1.29, 1.82) is 0 Å². The van der Waals surface area contributed by atoms with Gasteiger partial charge in [-0.15, -0.1) is 0 Å². The van der Waals surface area contributed by atoms with E-state index in [2.05, 4.69) is 26.1 Å². The number of nitrogens with zero attached hydrogens (tertiary/aromatic N) is 3. The largest absolute Gasteiger partial charge is 0.508 e. The number of benzene rings is 2. The number of piperazine rings is 2. The van der Waals surface area contributed by atoms with E-state index < -0.39 is 5.60 Å². The van der Waals surface area contributed by atoms with Crippen molar-refractivity contribution in [3.05, 3.63) is 52.0 Å². The van der Waals surface area contributed by atoms with Crippen LogP contribution in [0, 0.1) is 13.8 Å². The van der Waals surface area contributed by atoms with Gasteiger partial charge < -0.3 is 39.7 Å². The number of phenolic OH excluding ortho intramolecular Hbond substituents is 2. The number of halogens is 1. The molecule has 0 saturated carbocycles. The minimum absolute atomic E-state index is 0.200. The lowest BCUT2D eigenvalue weighted by Crippen LogP contribution is -2.50. The maximum Gasteiger partial charge on any atom is 0.410 e. The Bertz CT molecular complexity index is 1200. The highest BCUT2D eigenvalue weighted by Gasteiger charge is 2.26. The number of aryl methyl sites for hydroxylation is 2. The number of aromatic hydroxyl groups is 2. The lowest BCUT2D eigenvalue weighted by atomic mass is 10.1. The molecule has 43 heavy (non-hydrogen) atoms. The van der Waals surface area contributed by atoms with Gasteiger partial charge in [-0.25, -0.2) is 9.59 Å². The highest BCUT2D eigenvalue weighted by atomic mass is 79.9. The van der Waals surface area contributed by atoms with Gasteiger partial charge in [0.25, 0.3) is 0 Å². The Morgan fingerprint density at radius 1 is 0.721 bits per heavy atom. The van der Waals surface area contributed by atoms with Crippen LogP contribution in [-0.2, 0) is 9.47 Å². The number of anilines is 1. The van der Waals surface area contributed by atoms with Gasteiger partial charge in [0.05, 0.1) is 0 Å². The highest BCUT2D eigenvalue weighted by molar-refractivity contribution is 9.10. The average Bonchev–Trinajstić information content (AvgIpc) is 2.92. The maximum absolute atomic E-state index is 12.0. The van der Waals surface area contributed by atoms with Crippen molar-refractivity contribution in [3.63, 3.8) is 0 Å². The zero-order chi connectivity index (χ0) is 32.4. The molecule has 2 aromatic rings. The van der Waals surface area contributed by atoms with Gasteiger partial charge in [0.15, 0.2) is 0 Å². The highest BCUT2D eigenvalue weighted by Crippen LogP contribution is 2.24. The van der Waals surface area contributed by atoms with Crippen molar-refractivity contribution in [3.8, 4) is 11.5 Å². The summed E-state index contributed by atoms with van der Waals surface area (Å²) in [6, 6.07) is 10.9. The number of carbonyl (C=O) groups is 2. The van der Waals surface area contributed by atoms with Crippen LogP contribution in [0.4, 0.5) is 15.3 Å². The van der Waals surface area contributed by atoms with Gasteiger partial charge in [-0.1, -0.05) is 15.9 Å². The maximum atomic E-state index is 12.0. The molecule has 2 amide bonds. The zero-order valence-electron chi connectivity index (χ0n) is 26.9. The fourth-order valence-electron chi connectivity index (χ4n) is 4.10. The van der Waals surface area contributed by atoms with Gasteiger partial charge in [0.1, 0.15) is 22.7 Å². The molecular formula is C32H49BrN4O6. The average molecular weight is 666 g/mol. The van der Waals surface area contributed by atoms with Crippen LogP contribution in [0.5, 0.6) is 11.5 Å². The molecule has 0 aromatic heterocycles. The summed E-state index contributed by atoms with van der Waals surface area (Å²) in [4.78, 5) is 29.2. The summed E-state index contributed by atoms with van der Waals surface area (Å²) >= 11 is 3.29. The van der Waals surface area contributed by atoms with Crippen LogP contribution in [0.1, 0.15) is 52.7 Å². The minimum Gasteiger partial charge on any atom is -0.508 e. The van der Waals surface area contributed by atoms with Crippen LogP contribution >= 0.6 is 15.9 Å². The van der Waals surface area contributed by atoms with E-state index in [4.69, 9.17) is 14.6 Å². The number of rotatable bonds is 1. The van der Waals surface area contributed by atoms with E-state index in [1.807, 2.05) is 79.7 Å². The first-order valence-electron chi connectivity index (χ1n) is 14.6. The molecule has 2 aliphatic heterocycles. The molecule has 0 unspecified atom stereocenters. The van der Waals surface area contributed by atoms with Gasteiger partial charge in [-0.2, -0.15) is 0 Å². The molecular weight excluding hydrogens is 616 g/mol. The normalized spacial score (nSPS) is 15.4. The van der Waals surface area contributed by atoms with E-state index in [9.17, 15) is 14.7 Å². The predicted octanol–water partition coefficient (Wildman–Crippen LogP) is 6.05. The molecule has 3 N–H and O–H groups in total. The first kappa shape index (κ1) is 36.0. The second-order valence-electron chi connectivity index (χ2n) is 12.6. The number of phenols is 2. The first-order chi connectivity index (χ1) is 19.9. The molecule has 0 aliphatic carbocycles. The predicted molar refractivity (Wildman–Crippen MR) is 174 cm³/mol. The Hall–Kier alpha value is -3.18. The molecule has 2 aromatic carbocycles. The summed E-state index contributed by atoms with van der Waals surface area (Å²) in [6.07, 6.45) is -0.446. The quantitative estimate of drug-likeness (QED) is 0.338. The molecule has 2 heterocycles. The van der Waals surface area contributed by atoms with Crippen LogP contribution in [0.3, 0.4) is 0 Å². The molecule has 0 atom stereocenters. The smallest absolute Gasteiger partial charge is 0.410 e. The van der Waals surface area contributed by atoms with E-state index in [1.165, 1.54) is 0 Å². The van der Waals surface area contributed by atoms with Crippen molar-refractivity contribution in [2.24, 2.45) is 0 Å². The van der Waals surface area contributed by atoms with Crippen LogP contribution < -0.4 is 10.2 Å². The molecule has 240 valence electrons. The third-order valence-electron chi connectivity index (χ3n) is 6.40. The SMILES string of the molecule is CC(C)(C)OC(=O)N1CCNCC1.Cc1cc(Br)ccc1O.Cc1cc(N2CCN(C(=O)OC(C)(C)C)CC2)ccc1O. The number of ether oxygens (including phenoxy) is 2. The fraction of sp³-hybridized carbons (Fsp3) is 0.562. The van der Waals surface area contributed by atoms with Gasteiger partial charge >= 0.3 is 12.2 Å². The summed E-state index contributed by atoms with van der Waals surface area (Å²) in [6.45, 7) is 21.1. The summed E-state index contributed by atoms with van der Waals surface area (Å²) in [5.74, 6) is 0.657. The second-order valence-corrected chi connectivity index (χ2v) is 13.5. The number of amides is 2. The van der Waals surface area contributed by atoms with Crippen molar-refractivity contribution in [1.82, 2.24) is 15.1 Å². The standard InChI is InChI=1S/C16H24N2O3.C9H18N2O2.C7H7BrO/c1-12-11-13(5-6-14(12)19)17-7-9-18(10-8-17)15(20)21-16(2,3)4;1-9(2,3)13-8(12)11-6-4-10-5-7-11;1-5-4-6(8)2-3-7(5)9/h5-6,11,19H,7-10H2,1-4H3;10H,4-7H2,1-3H3;2-4,9H,1H3. The molecule has 10 nitrogen and oxygen atoms in total. The van der Waals surface area contributed by atoms with Crippen molar-refractivity contribution >= 4 is 33.8 Å². The topological polar surface area (TPSA) is 115 Å². The third-order valence-corrected chi connectivity index (χ3v) is 6.90. The van der Waals surface area contributed by atoms with Crippen molar-refractivity contribution < 1.29 is 29.3 Å². The van der Waals surface area contributed by atoms with Crippen LogP contribution in [0.15, 0.2) is 40.9 Å². The second kappa shape index (κ2) is 16.0. The summed E-state index contributed by atoms with van der Waals surface area (Å²) in [5, 5.41) is 21.8. The minimum atomic E-state index is -0.456. The van der Waals surface area contributed by atoms with Gasteiger partial charge in [0.2, 0.25) is 0 Å². The monoisotopic (exact) mass is 664 g/mol. The first-order valence-corrected chi connectivity index (χ1v) is 15.4. The molecule has 11 heteroatoms. The Labute approximate surface area is 265 Å². The summed E-state index contributed by atoms with van der Waals surface area (Å²) < 4.78 is 11.6. The third kappa shape index (κ3) is 13.3. The van der Waals surface area contributed by atoms with Gasteiger partial charge in [-0.3, -0.25) is 0 Å². The number of carbonyl (C=O) groups excluding carboxylic acids is 2. The van der Waals surface area contributed by atoms with Gasteiger partial charge in [-0.05, 0) is 103 Å². The molecule has 4 rings (SSSR count). The molecule has 2 aliphatic rings. The van der Waals surface area contributed by atoms with E-state index in [0.29, 0.717) is 24.6 Å². The Morgan fingerprint density at radius 2 is 1.16 bits per heavy atom. The Kier molecular flexibility index (Phi) is 13.4. The van der Waals surface area contributed by atoms with Crippen LogP contribution in [0.2, 0.25) is 0 Å². The number of hydrogen-bond acceptors (Lipinski definition) is 8. The Morgan fingerprint density at radius 3 is 1.58 bits per heavy atom. The number of nitrogens with one attached hydrogen (secondary N) is 1. The fourth-order valence-corrected chi connectivity index (χ4v) is 4.58.